The molecule has 2 aromatic rings. The average Bonchev–Trinajstić information content (AvgIpc) is 2.83. The molecule has 0 N–H and O–H groups in total. The first-order chi connectivity index (χ1) is 9.74. The molecule has 0 saturated heterocycles. The van der Waals surface area contributed by atoms with Crippen molar-refractivity contribution in [2.45, 2.75) is 19.4 Å². The molecular weight excluding hydrogens is 312 g/mol. The van der Waals surface area contributed by atoms with Crippen molar-refractivity contribution in [1.29, 1.82) is 0 Å². The highest BCUT2D eigenvalue weighted by Gasteiger charge is 2.24. The quantitative estimate of drug-likeness (QED) is 0.781. The van der Waals surface area contributed by atoms with E-state index in [4.69, 9.17) is 4.74 Å². The predicted octanol–water partition coefficient (Wildman–Crippen LogP) is 4.86. The Bertz CT molecular complexity index is 614. The van der Waals surface area contributed by atoms with Gasteiger partial charge in [0.25, 0.3) is 0 Å². The van der Waals surface area contributed by atoms with E-state index in [2.05, 4.69) is 77.5 Å². The Hall–Kier alpha value is -1.38. The maximum atomic E-state index is 5.98. The van der Waals surface area contributed by atoms with Gasteiger partial charge in [0.05, 0.1) is 12.7 Å². The van der Waals surface area contributed by atoms with Gasteiger partial charge in [-0.05, 0) is 41.3 Å². The lowest BCUT2D eigenvalue weighted by atomic mass is 9.97. The summed E-state index contributed by atoms with van der Waals surface area (Å²) in [5, 5.41) is 0. The molecule has 1 atom stereocenters. The molecule has 0 aliphatic carbocycles. The van der Waals surface area contributed by atoms with E-state index in [9.17, 15) is 0 Å². The molecule has 1 unspecified atom stereocenters. The van der Waals surface area contributed by atoms with Crippen LogP contribution in [-0.4, -0.2) is 12.7 Å². The van der Waals surface area contributed by atoms with Gasteiger partial charge in [-0.15, -0.1) is 0 Å². The summed E-state index contributed by atoms with van der Waals surface area (Å²) in [5.74, 6) is 0. The van der Waals surface area contributed by atoms with Crippen LogP contribution in [0.1, 0.15) is 18.1 Å². The number of ether oxygens (including phenoxy) is 1. The predicted molar refractivity (Wildman–Crippen MR) is 86.6 cm³/mol. The molecule has 0 amide bonds. The second kappa shape index (κ2) is 5.94. The van der Waals surface area contributed by atoms with Crippen LogP contribution in [0.4, 0.5) is 0 Å². The third-order valence-corrected chi connectivity index (χ3v) is 4.37. The maximum Gasteiger partial charge on any atom is 0.0833 e. The molecule has 1 aliphatic heterocycles. The molecule has 1 heterocycles. The minimum absolute atomic E-state index is 0.205. The van der Waals surface area contributed by atoms with E-state index < -0.39 is 0 Å². The third-order valence-electron chi connectivity index (χ3n) is 3.84. The molecule has 2 heteroatoms. The summed E-state index contributed by atoms with van der Waals surface area (Å²) < 4.78 is 7.09. The SMILES string of the molecule is CC1=C(c2ccc(Br)cc2)COC1Cc1ccccc1. The van der Waals surface area contributed by atoms with Crippen LogP contribution in [0.5, 0.6) is 0 Å². The van der Waals surface area contributed by atoms with Gasteiger partial charge in [0, 0.05) is 10.9 Å². The Morgan fingerprint density at radius 3 is 2.45 bits per heavy atom. The monoisotopic (exact) mass is 328 g/mol. The highest BCUT2D eigenvalue weighted by atomic mass is 79.9. The summed E-state index contributed by atoms with van der Waals surface area (Å²) in [4.78, 5) is 0. The summed E-state index contributed by atoms with van der Waals surface area (Å²) >= 11 is 3.48. The zero-order chi connectivity index (χ0) is 13.9. The van der Waals surface area contributed by atoms with Gasteiger partial charge in [-0.1, -0.05) is 58.4 Å². The minimum atomic E-state index is 0.205. The highest BCUT2D eigenvalue weighted by molar-refractivity contribution is 9.10. The minimum Gasteiger partial charge on any atom is -0.369 e. The van der Waals surface area contributed by atoms with Crippen LogP contribution in [0.15, 0.2) is 64.6 Å². The van der Waals surface area contributed by atoms with Gasteiger partial charge in [-0.25, -0.2) is 0 Å². The van der Waals surface area contributed by atoms with E-state index in [0.717, 1.165) is 10.9 Å². The molecule has 0 fully saturated rings. The lowest BCUT2D eigenvalue weighted by Gasteiger charge is -2.11. The van der Waals surface area contributed by atoms with Crippen LogP contribution >= 0.6 is 15.9 Å². The fourth-order valence-electron chi connectivity index (χ4n) is 2.62. The lowest BCUT2D eigenvalue weighted by Crippen LogP contribution is -2.12. The zero-order valence-electron chi connectivity index (χ0n) is 11.5. The maximum absolute atomic E-state index is 5.98. The molecule has 0 aromatic heterocycles. The molecule has 0 spiro atoms. The van der Waals surface area contributed by atoms with Gasteiger partial charge in [0.1, 0.15) is 0 Å². The highest BCUT2D eigenvalue weighted by Crippen LogP contribution is 2.31. The van der Waals surface area contributed by atoms with Crippen molar-refractivity contribution in [3.8, 4) is 0 Å². The summed E-state index contributed by atoms with van der Waals surface area (Å²) in [6.45, 7) is 2.91. The fraction of sp³-hybridized carbons (Fsp3) is 0.222. The van der Waals surface area contributed by atoms with E-state index >= 15 is 0 Å². The van der Waals surface area contributed by atoms with Gasteiger partial charge in [-0.3, -0.25) is 0 Å². The van der Waals surface area contributed by atoms with Crippen molar-refractivity contribution >= 4 is 21.5 Å². The molecule has 0 bridgehead atoms. The normalized spacial score (nSPS) is 18.6. The molecule has 0 saturated carbocycles. The Labute approximate surface area is 128 Å². The van der Waals surface area contributed by atoms with Gasteiger partial charge >= 0.3 is 0 Å². The molecule has 20 heavy (non-hydrogen) atoms. The van der Waals surface area contributed by atoms with Crippen LogP contribution in [0, 0.1) is 0 Å². The van der Waals surface area contributed by atoms with Crippen molar-refractivity contribution in [3.05, 3.63) is 75.8 Å². The van der Waals surface area contributed by atoms with E-state index in [1.807, 2.05) is 0 Å². The van der Waals surface area contributed by atoms with Crippen molar-refractivity contribution in [1.82, 2.24) is 0 Å². The topological polar surface area (TPSA) is 9.23 Å². The Morgan fingerprint density at radius 2 is 1.75 bits per heavy atom. The molecule has 3 rings (SSSR count). The van der Waals surface area contributed by atoms with Crippen molar-refractivity contribution in [2.75, 3.05) is 6.61 Å². The first-order valence-electron chi connectivity index (χ1n) is 6.85. The number of benzene rings is 2. The Morgan fingerprint density at radius 1 is 1.05 bits per heavy atom. The largest absolute Gasteiger partial charge is 0.369 e. The molecule has 2 aromatic carbocycles. The number of halogens is 1. The van der Waals surface area contributed by atoms with Crippen LogP contribution in [0.25, 0.3) is 5.57 Å². The first-order valence-corrected chi connectivity index (χ1v) is 7.64. The summed E-state index contributed by atoms with van der Waals surface area (Å²) in [6.07, 6.45) is 1.16. The summed E-state index contributed by atoms with van der Waals surface area (Å²) in [7, 11) is 0. The van der Waals surface area contributed by atoms with Gasteiger partial charge < -0.3 is 4.74 Å². The van der Waals surface area contributed by atoms with Crippen LogP contribution in [0.3, 0.4) is 0 Å². The van der Waals surface area contributed by atoms with E-state index in [0.29, 0.717) is 6.61 Å². The third kappa shape index (κ3) is 2.87. The van der Waals surface area contributed by atoms with Crippen LogP contribution < -0.4 is 0 Å². The standard InChI is InChI=1S/C18H17BrO/c1-13-17(15-7-9-16(19)10-8-15)12-20-18(13)11-14-5-3-2-4-6-14/h2-10,18H,11-12H2,1H3. The van der Waals surface area contributed by atoms with Crippen LogP contribution in [-0.2, 0) is 11.2 Å². The number of hydrogen-bond acceptors (Lipinski definition) is 1. The molecule has 1 aliphatic rings. The summed E-state index contributed by atoms with van der Waals surface area (Å²) in [5.41, 5.74) is 5.28. The second-order valence-corrected chi connectivity index (χ2v) is 6.07. The molecule has 0 radical (unpaired) electrons. The fourth-order valence-corrected chi connectivity index (χ4v) is 2.88. The van der Waals surface area contributed by atoms with Gasteiger partial charge in [-0.2, -0.15) is 0 Å². The zero-order valence-corrected chi connectivity index (χ0v) is 13.1. The molecule has 102 valence electrons. The Kier molecular flexibility index (Phi) is 4.04. The van der Waals surface area contributed by atoms with Gasteiger partial charge in [0.2, 0.25) is 0 Å². The van der Waals surface area contributed by atoms with Crippen molar-refractivity contribution < 1.29 is 4.74 Å². The van der Waals surface area contributed by atoms with Crippen LogP contribution in [0.2, 0.25) is 0 Å². The summed E-state index contributed by atoms with van der Waals surface area (Å²) in [6, 6.07) is 19.0. The van der Waals surface area contributed by atoms with Crippen molar-refractivity contribution in [3.63, 3.8) is 0 Å². The molecule has 1 nitrogen and oxygen atoms in total. The molecular formula is C18H17BrO. The second-order valence-electron chi connectivity index (χ2n) is 5.16. The number of rotatable bonds is 3. The van der Waals surface area contributed by atoms with E-state index in [1.54, 1.807) is 0 Å². The van der Waals surface area contributed by atoms with E-state index in [-0.39, 0.29) is 6.10 Å². The van der Waals surface area contributed by atoms with Gasteiger partial charge in [0.15, 0.2) is 0 Å². The number of hydrogen-bond donors (Lipinski definition) is 0. The smallest absolute Gasteiger partial charge is 0.0833 e. The van der Waals surface area contributed by atoms with E-state index in [1.165, 1.54) is 22.3 Å². The first kappa shape index (κ1) is 13.6. The Balaban J connectivity index is 1.81. The van der Waals surface area contributed by atoms with Crippen molar-refractivity contribution in [2.24, 2.45) is 0 Å². The average molecular weight is 329 g/mol. The lowest BCUT2D eigenvalue weighted by molar-refractivity contribution is 0.124.